The molecule has 0 aliphatic rings. The fourth-order valence-electron chi connectivity index (χ4n) is 2.04. The Morgan fingerprint density at radius 2 is 2.00 bits per heavy atom. The largest absolute Gasteiger partial charge is 0.357 e. The van der Waals surface area contributed by atoms with Crippen LogP contribution in [0.5, 0.6) is 0 Å². The maximum Gasteiger partial charge on any atom is 0.191 e. The third-order valence-corrected chi connectivity index (χ3v) is 3.14. The van der Waals surface area contributed by atoms with Crippen LogP contribution in [0.1, 0.15) is 18.1 Å². The first-order valence-corrected chi connectivity index (χ1v) is 7.41. The number of hydrogen-bond acceptors (Lipinski definition) is 2. The van der Waals surface area contributed by atoms with Crippen molar-refractivity contribution in [3.05, 3.63) is 53.6 Å². The number of aromatic nitrogens is 2. The van der Waals surface area contributed by atoms with Crippen LogP contribution < -0.4 is 10.6 Å². The van der Waals surface area contributed by atoms with Crippen molar-refractivity contribution in [1.29, 1.82) is 0 Å². The summed E-state index contributed by atoms with van der Waals surface area (Å²) in [6, 6.07) is 6.57. The van der Waals surface area contributed by atoms with Crippen LogP contribution >= 0.6 is 0 Å². The van der Waals surface area contributed by atoms with Gasteiger partial charge in [-0.15, -0.1) is 0 Å². The van der Waals surface area contributed by atoms with E-state index < -0.39 is 0 Å². The van der Waals surface area contributed by atoms with Crippen molar-refractivity contribution in [2.24, 2.45) is 12.0 Å². The zero-order chi connectivity index (χ0) is 15.8. The first-order valence-electron chi connectivity index (χ1n) is 7.41. The molecule has 1 aromatic heterocycles. The number of aliphatic imine (C=N–C) groups is 1. The van der Waals surface area contributed by atoms with Crippen LogP contribution in [0.25, 0.3) is 0 Å². The van der Waals surface area contributed by atoms with E-state index in [0.717, 1.165) is 36.6 Å². The molecule has 0 radical (unpaired) electrons. The molecule has 0 bridgehead atoms. The number of guanidine groups is 1. The van der Waals surface area contributed by atoms with Gasteiger partial charge in [0.15, 0.2) is 5.96 Å². The van der Waals surface area contributed by atoms with E-state index in [-0.39, 0.29) is 5.82 Å². The Balaban J connectivity index is 1.84. The van der Waals surface area contributed by atoms with Crippen molar-refractivity contribution in [3.8, 4) is 0 Å². The maximum absolute atomic E-state index is 12.8. The van der Waals surface area contributed by atoms with E-state index in [4.69, 9.17) is 0 Å². The standard InChI is InChI=1S/C16H22FN5/c1-3-18-16(20-10-14-11-21-22(2)12-14)19-9-8-13-4-6-15(17)7-5-13/h4-7,11-12H,3,8-10H2,1-2H3,(H2,18,19,20). The third kappa shape index (κ3) is 5.20. The second-order valence-electron chi connectivity index (χ2n) is 5.02. The number of benzene rings is 1. The van der Waals surface area contributed by atoms with Gasteiger partial charge in [-0.25, -0.2) is 9.38 Å². The Kier molecular flexibility index (Phi) is 5.94. The molecule has 118 valence electrons. The van der Waals surface area contributed by atoms with Gasteiger partial charge in [0.1, 0.15) is 5.82 Å². The zero-order valence-corrected chi connectivity index (χ0v) is 13.0. The van der Waals surface area contributed by atoms with Crippen LogP contribution in [-0.2, 0) is 20.0 Å². The Morgan fingerprint density at radius 1 is 1.23 bits per heavy atom. The molecule has 0 aliphatic heterocycles. The maximum atomic E-state index is 12.8. The summed E-state index contributed by atoms with van der Waals surface area (Å²) in [5.74, 6) is 0.566. The molecule has 0 aliphatic carbocycles. The normalized spacial score (nSPS) is 11.5. The van der Waals surface area contributed by atoms with Crippen molar-refractivity contribution < 1.29 is 4.39 Å². The third-order valence-electron chi connectivity index (χ3n) is 3.14. The summed E-state index contributed by atoms with van der Waals surface area (Å²) in [7, 11) is 1.89. The molecule has 0 spiro atoms. The van der Waals surface area contributed by atoms with E-state index in [1.54, 1.807) is 16.8 Å². The highest BCUT2D eigenvalue weighted by molar-refractivity contribution is 5.79. The average Bonchev–Trinajstić information content (AvgIpc) is 2.92. The zero-order valence-electron chi connectivity index (χ0n) is 13.0. The van der Waals surface area contributed by atoms with E-state index in [0.29, 0.717) is 6.54 Å². The van der Waals surface area contributed by atoms with E-state index in [9.17, 15) is 4.39 Å². The molecule has 2 N–H and O–H groups in total. The Morgan fingerprint density at radius 3 is 2.64 bits per heavy atom. The Labute approximate surface area is 130 Å². The highest BCUT2D eigenvalue weighted by atomic mass is 19.1. The van der Waals surface area contributed by atoms with E-state index in [1.807, 2.05) is 26.4 Å². The molecule has 22 heavy (non-hydrogen) atoms. The highest BCUT2D eigenvalue weighted by Crippen LogP contribution is 2.03. The van der Waals surface area contributed by atoms with Crippen molar-refractivity contribution in [2.75, 3.05) is 13.1 Å². The van der Waals surface area contributed by atoms with Gasteiger partial charge in [-0.2, -0.15) is 5.10 Å². The number of nitrogens with one attached hydrogen (secondary N) is 2. The van der Waals surface area contributed by atoms with Crippen LogP contribution in [0.15, 0.2) is 41.7 Å². The number of hydrogen-bond donors (Lipinski definition) is 2. The van der Waals surface area contributed by atoms with E-state index in [1.165, 1.54) is 12.1 Å². The van der Waals surface area contributed by atoms with Crippen LogP contribution in [-0.4, -0.2) is 28.8 Å². The molecule has 1 aromatic carbocycles. The van der Waals surface area contributed by atoms with Gasteiger partial charge in [0.2, 0.25) is 0 Å². The first-order chi connectivity index (χ1) is 10.7. The molecule has 5 nitrogen and oxygen atoms in total. The molecule has 0 fully saturated rings. The fourth-order valence-corrected chi connectivity index (χ4v) is 2.04. The van der Waals surface area contributed by atoms with Crippen LogP contribution in [0.3, 0.4) is 0 Å². The molecular formula is C16H22FN5. The summed E-state index contributed by atoms with van der Waals surface area (Å²) in [5, 5.41) is 10.6. The molecule has 2 aromatic rings. The summed E-state index contributed by atoms with van der Waals surface area (Å²) in [5.41, 5.74) is 2.16. The minimum Gasteiger partial charge on any atom is -0.357 e. The molecule has 0 atom stereocenters. The summed E-state index contributed by atoms with van der Waals surface area (Å²) in [6.45, 7) is 4.15. The lowest BCUT2D eigenvalue weighted by atomic mass is 10.1. The second kappa shape index (κ2) is 8.17. The summed E-state index contributed by atoms with van der Waals surface area (Å²) < 4.78 is 14.6. The quantitative estimate of drug-likeness (QED) is 0.632. The van der Waals surface area contributed by atoms with Crippen LogP contribution in [0.4, 0.5) is 4.39 Å². The molecule has 0 unspecified atom stereocenters. The van der Waals surface area contributed by atoms with Crippen molar-refractivity contribution in [1.82, 2.24) is 20.4 Å². The van der Waals surface area contributed by atoms with Gasteiger partial charge < -0.3 is 10.6 Å². The molecule has 1 heterocycles. The highest BCUT2D eigenvalue weighted by Gasteiger charge is 2.00. The number of rotatable bonds is 6. The molecular weight excluding hydrogens is 281 g/mol. The lowest BCUT2D eigenvalue weighted by molar-refractivity contribution is 0.626. The molecule has 2 rings (SSSR count). The molecule has 6 heteroatoms. The predicted octanol–water partition coefficient (Wildman–Crippen LogP) is 1.86. The van der Waals surface area contributed by atoms with Gasteiger partial charge in [-0.3, -0.25) is 4.68 Å². The van der Waals surface area contributed by atoms with Crippen LogP contribution in [0, 0.1) is 5.82 Å². The summed E-state index contributed by atoms with van der Waals surface area (Å²) >= 11 is 0. The lowest BCUT2D eigenvalue weighted by Gasteiger charge is -2.11. The van der Waals surface area contributed by atoms with Crippen molar-refractivity contribution in [3.63, 3.8) is 0 Å². The van der Waals surface area contributed by atoms with Crippen molar-refractivity contribution in [2.45, 2.75) is 19.9 Å². The van der Waals surface area contributed by atoms with Gasteiger partial charge in [-0.05, 0) is 31.0 Å². The predicted molar refractivity (Wildman–Crippen MR) is 86.1 cm³/mol. The Hall–Kier alpha value is -2.37. The van der Waals surface area contributed by atoms with Gasteiger partial charge in [-0.1, -0.05) is 12.1 Å². The minimum absolute atomic E-state index is 0.205. The van der Waals surface area contributed by atoms with Crippen LogP contribution in [0.2, 0.25) is 0 Å². The Bertz CT molecular complexity index is 603. The van der Waals surface area contributed by atoms with Gasteiger partial charge in [0.05, 0.1) is 12.7 Å². The van der Waals surface area contributed by atoms with Gasteiger partial charge >= 0.3 is 0 Å². The van der Waals surface area contributed by atoms with E-state index in [2.05, 4.69) is 20.7 Å². The van der Waals surface area contributed by atoms with Gasteiger partial charge in [0.25, 0.3) is 0 Å². The second-order valence-corrected chi connectivity index (χ2v) is 5.02. The monoisotopic (exact) mass is 303 g/mol. The van der Waals surface area contributed by atoms with E-state index >= 15 is 0 Å². The molecule has 0 amide bonds. The van der Waals surface area contributed by atoms with Gasteiger partial charge in [0, 0.05) is 31.9 Å². The number of halogens is 1. The number of nitrogens with zero attached hydrogens (tertiary/aromatic N) is 3. The minimum atomic E-state index is -0.205. The molecule has 0 saturated heterocycles. The van der Waals surface area contributed by atoms with Crippen molar-refractivity contribution >= 4 is 5.96 Å². The SMILES string of the molecule is CCNC(=NCc1cnn(C)c1)NCCc1ccc(F)cc1. The smallest absolute Gasteiger partial charge is 0.191 e. The average molecular weight is 303 g/mol. The summed E-state index contributed by atoms with van der Waals surface area (Å²) in [6.07, 6.45) is 4.58. The lowest BCUT2D eigenvalue weighted by Crippen LogP contribution is -2.38. The number of aryl methyl sites for hydroxylation is 1. The first kappa shape index (κ1) is 16.0. The fraction of sp³-hybridized carbons (Fsp3) is 0.375. The molecule has 0 saturated carbocycles. The summed E-state index contributed by atoms with van der Waals surface area (Å²) in [4.78, 5) is 4.52. The topological polar surface area (TPSA) is 54.2 Å².